The van der Waals surface area contributed by atoms with E-state index in [4.69, 9.17) is 9.26 Å². The van der Waals surface area contributed by atoms with Crippen molar-refractivity contribution >= 4 is 23.4 Å². The van der Waals surface area contributed by atoms with Crippen molar-refractivity contribution < 1.29 is 14.1 Å². The van der Waals surface area contributed by atoms with Gasteiger partial charge < -0.3 is 14.6 Å². The number of nitrogens with one attached hydrogen (secondary N) is 1. The van der Waals surface area contributed by atoms with Gasteiger partial charge in [-0.25, -0.2) is 0 Å². The van der Waals surface area contributed by atoms with Crippen LogP contribution in [0.2, 0.25) is 0 Å². The van der Waals surface area contributed by atoms with Gasteiger partial charge in [-0.3, -0.25) is 4.79 Å². The Hall–Kier alpha value is -2.64. The van der Waals surface area contributed by atoms with Gasteiger partial charge in [0, 0.05) is 41.0 Å². The van der Waals surface area contributed by atoms with E-state index in [-0.39, 0.29) is 5.91 Å². The number of hydrogen-bond acceptors (Lipinski definition) is 6. The molecule has 7 heteroatoms. The Balaban J connectivity index is 1.36. The normalized spacial score (nSPS) is 14.7. The van der Waals surface area contributed by atoms with Crippen LogP contribution in [0.3, 0.4) is 0 Å². The number of benzene rings is 2. The summed E-state index contributed by atoms with van der Waals surface area (Å²) in [6, 6.07) is 15.2. The fourth-order valence-electron chi connectivity index (χ4n) is 3.18. The van der Waals surface area contributed by atoms with Gasteiger partial charge in [0.05, 0.1) is 0 Å². The monoisotopic (exact) mass is 409 g/mol. The highest BCUT2D eigenvalue weighted by atomic mass is 32.2. The third kappa shape index (κ3) is 5.25. The molecule has 1 saturated heterocycles. The molecule has 3 aromatic rings. The third-order valence-corrected chi connectivity index (χ3v) is 6.20. The highest BCUT2D eigenvalue weighted by Crippen LogP contribution is 2.26. The zero-order chi connectivity index (χ0) is 20.1. The van der Waals surface area contributed by atoms with Gasteiger partial charge in [-0.05, 0) is 61.7 Å². The lowest BCUT2D eigenvalue weighted by Gasteiger charge is -2.21. The number of carbonyl (C=O) groups excluding carboxylic acids is 1. The van der Waals surface area contributed by atoms with Gasteiger partial charge in [0.15, 0.2) is 5.82 Å². The van der Waals surface area contributed by atoms with Gasteiger partial charge in [0.1, 0.15) is 0 Å². The summed E-state index contributed by atoms with van der Waals surface area (Å²) in [5.41, 5.74) is 3.37. The second-order valence-corrected chi connectivity index (χ2v) is 8.29. The van der Waals surface area contributed by atoms with Crippen LogP contribution in [0.25, 0.3) is 11.5 Å². The standard InChI is InChI=1S/C22H23N3O3S/c1-15-23-22(28-25-15)18-7-5-17(6-8-18)21(26)24-19-4-2-3-16(13-19)14-29-20-9-11-27-12-10-20/h2-8,13,20H,9-12,14H2,1H3,(H,24,26). The average molecular weight is 410 g/mol. The maximum Gasteiger partial charge on any atom is 0.257 e. The first kappa shape index (κ1) is 19.7. The maximum atomic E-state index is 12.6. The summed E-state index contributed by atoms with van der Waals surface area (Å²) in [5.74, 6) is 1.82. The van der Waals surface area contributed by atoms with E-state index >= 15 is 0 Å². The molecule has 1 aliphatic heterocycles. The van der Waals surface area contributed by atoms with Crippen molar-refractivity contribution in [3.05, 3.63) is 65.5 Å². The summed E-state index contributed by atoms with van der Waals surface area (Å²) in [7, 11) is 0. The Kier molecular flexibility index (Phi) is 6.27. The summed E-state index contributed by atoms with van der Waals surface area (Å²) >= 11 is 1.96. The minimum absolute atomic E-state index is 0.146. The number of nitrogens with zero attached hydrogens (tertiary/aromatic N) is 2. The predicted molar refractivity (Wildman–Crippen MR) is 114 cm³/mol. The molecule has 1 aliphatic rings. The number of thioether (sulfide) groups is 1. The van der Waals surface area contributed by atoms with Gasteiger partial charge in [0.2, 0.25) is 0 Å². The molecular formula is C22H23N3O3S. The first-order valence-electron chi connectivity index (χ1n) is 9.68. The van der Waals surface area contributed by atoms with E-state index in [1.807, 2.05) is 42.1 Å². The molecule has 0 aliphatic carbocycles. The first-order chi connectivity index (χ1) is 14.2. The molecule has 4 rings (SSSR count). The number of ether oxygens (including phenoxy) is 1. The van der Waals surface area contributed by atoms with Crippen LogP contribution in [0.5, 0.6) is 0 Å². The molecule has 29 heavy (non-hydrogen) atoms. The van der Waals surface area contributed by atoms with Crippen molar-refractivity contribution in [2.24, 2.45) is 0 Å². The van der Waals surface area contributed by atoms with Crippen LogP contribution in [0, 0.1) is 6.92 Å². The van der Waals surface area contributed by atoms with Crippen molar-refractivity contribution in [3.8, 4) is 11.5 Å². The number of aryl methyl sites for hydroxylation is 1. The minimum atomic E-state index is -0.146. The lowest BCUT2D eigenvalue weighted by atomic mass is 10.1. The lowest BCUT2D eigenvalue weighted by molar-refractivity contribution is 0.1000. The number of anilines is 1. The molecule has 150 valence electrons. The number of aromatic nitrogens is 2. The number of hydrogen-bond donors (Lipinski definition) is 1. The SMILES string of the molecule is Cc1noc(-c2ccc(C(=O)Nc3cccc(CSC4CCOCC4)c3)cc2)n1. The Labute approximate surface area is 174 Å². The quantitative estimate of drug-likeness (QED) is 0.635. The third-order valence-electron chi connectivity index (χ3n) is 4.76. The van der Waals surface area contributed by atoms with Crippen LogP contribution in [0.1, 0.15) is 34.6 Å². The molecule has 0 radical (unpaired) electrons. The molecule has 1 amide bonds. The van der Waals surface area contributed by atoms with Crippen molar-refractivity contribution in [1.29, 1.82) is 0 Å². The van der Waals surface area contributed by atoms with E-state index in [9.17, 15) is 4.79 Å². The van der Waals surface area contributed by atoms with Gasteiger partial charge in [-0.15, -0.1) is 0 Å². The molecule has 0 spiro atoms. The van der Waals surface area contributed by atoms with E-state index < -0.39 is 0 Å². The molecule has 6 nitrogen and oxygen atoms in total. The Bertz CT molecular complexity index is 965. The summed E-state index contributed by atoms with van der Waals surface area (Å²) in [4.78, 5) is 16.8. The van der Waals surface area contributed by atoms with E-state index in [1.165, 1.54) is 5.56 Å². The topological polar surface area (TPSA) is 77.2 Å². The van der Waals surface area contributed by atoms with Crippen LogP contribution < -0.4 is 5.32 Å². The molecule has 0 bridgehead atoms. The van der Waals surface area contributed by atoms with Crippen LogP contribution in [0.4, 0.5) is 5.69 Å². The molecule has 2 heterocycles. The highest BCUT2D eigenvalue weighted by Gasteiger charge is 2.14. The molecular weight excluding hydrogens is 386 g/mol. The van der Waals surface area contributed by atoms with Crippen molar-refractivity contribution in [3.63, 3.8) is 0 Å². The smallest absolute Gasteiger partial charge is 0.257 e. The largest absolute Gasteiger partial charge is 0.381 e. The predicted octanol–water partition coefficient (Wildman–Crippen LogP) is 4.71. The van der Waals surface area contributed by atoms with Gasteiger partial charge in [-0.2, -0.15) is 16.7 Å². The Morgan fingerprint density at radius 2 is 1.97 bits per heavy atom. The van der Waals surface area contributed by atoms with Gasteiger partial charge >= 0.3 is 0 Å². The van der Waals surface area contributed by atoms with Crippen molar-refractivity contribution in [1.82, 2.24) is 10.1 Å². The second-order valence-electron chi connectivity index (χ2n) is 7.00. The first-order valence-corrected chi connectivity index (χ1v) is 10.7. The number of rotatable bonds is 6. The summed E-state index contributed by atoms with van der Waals surface area (Å²) in [6.07, 6.45) is 2.22. The van der Waals surface area contributed by atoms with Crippen LogP contribution in [-0.4, -0.2) is 34.5 Å². The maximum absolute atomic E-state index is 12.6. The van der Waals surface area contributed by atoms with Crippen LogP contribution >= 0.6 is 11.8 Å². The molecule has 0 unspecified atom stereocenters. The fourth-order valence-corrected chi connectivity index (χ4v) is 4.31. The molecule has 1 aromatic heterocycles. The van der Waals surface area contributed by atoms with Crippen LogP contribution in [-0.2, 0) is 10.5 Å². The summed E-state index contributed by atoms with van der Waals surface area (Å²) < 4.78 is 10.6. The van der Waals surface area contributed by atoms with Crippen molar-refractivity contribution in [2.75, 3.05) is 18.5 Å². The van der Waals surface area contributed by atoms with E-state index in [0.717, 1.165) is 43.1 Å². The molecule has 1 fully saturated rings. The number of carbonyl (C=O) groups is 1. The highest BCUT2D eigenvalue weighted by molar-refractivity contribution is 7.99. The van der Waals surface area contributed by atoms with Crippen molar-refractivity contribution in [2.45, 2.75) is 30.8 Å². The molecule has 0 atom stereocenters. The summed E-state index contributed by atoms with van der Waals surface area (Å²) in [6.45, 7) is 3.49. The zero-order valence-electron chi connectivity index (χ0n) is 16.3. The van der Waals surface area contributed by atoms with Gasteiger partial charge in [0.25, 0.3) is 11.8 Å². The number of amides is 1. The lowest BCUT2D eigenvalue weighted by Crippen LogP contribution is -2.17. The molecule has 0 saturated carbocycles. The molecule has 2 aromatic carbocycles. The van der Waals surface area contributed by atoms with E-state index in [0.29, 0.717) is 22.5 Å². The minimum Gasteiger partial charge on any atom is -0.381 e. The van der Waals surface area contributed by atoms with Crippen LogP contribution in [0.15, 0.2) is 53.1 Å². The Morgan fingerprint density at radius 3 is 2.69 bits per heavy atom. The van der Waals surface area contributed by atoms with Gasteiger partial charge in [-0.1, -0.05) is 17.3 Å². The molecule has 1 N–H and O–H groups in total. The Morgan fingerprint density at radius 1 is 1.17 bits per heavy atom. The summed E-state index contributed by atoms with van der Waals surface area (Å²) in [5, 5.41) is 7.42. The van der Waals surface area contributed by atoms with E-state index in [1.54, 1.807) is 19.1 Å². The average Bonchev–Trinajstić information content (AvgIpc) is 3.20. The zero-order valence-corrected chi connectivity index (χ0v) is 17.1. The van der Waals surface area contributed by atoms with E-state index in [2.05, 4.69) is 21.5 Å². The second kappa shape index (κ2) is 9.24. The fraction of sp³-hybridized carbons (Fsp3) is 0.318.